The highest BCUT2D eigenvalue weighted by Gasteiger charge is 2.54. The highest BCUT2D eigenvalue weighted by Crippen LogP contribution is 2.61. The predicted octanol–water partition coefficient (Wildman–Crippen LogP) is 2.81. The first-order chi connectivity index (χ1) is 14.0. The molecular weight excluding hydrogens is 366 g/mol. The average Bonchev–Trinajstić information content (AvgIpc) is 3.49. The minimum absolute atomic E-state index is 0.122. The SMILES string of the molecule is CN(c1ccc(=O)n(CC(=O)Nc2ccc3cnccc3c2)n1)C1CC2(CC2)C1. The van der Waals surface area contributed by atoms with Crippen LogP contribution in [-0.2, 0) is 11.3 Å². The van der Waals surface area contributed by atoms with Gasteiger partial charge in [0.25, 0.3) is 5.56 Å². The van der Waals surface area contributed by atoms with Gasteiger partial charge in [0, 0.05) is 42.6 Å². The van der Waals surface area contributed by atoms with Crippen LogP contribution < -0.4 is 15.8 Å². The number of pyridine rings is 1. The molecule has 1 aromatic carbocycles. The molecule has 2 heterocycles. The summed E-state index contributed by atoms with van der Waals surface area (Å²) in [6.45, 7) is -0.122. The Hall–Kier alpha value is -3.22. The van der Waals surface area contributed by atoms with Gasteiger partial charge >= 0.3 is 0 Å². The van der Waals surface area contributed by atoms with Gasteiger partial charge in [-0.25, -0.2) is 4.68 Å². The Morgan fingerprint density at radius 2 is 2.03 bits per heavy atom. The molecule has 0 saturated heterocycles. The van der Waals surface area contributed by atoms with E-state index in [1.54, 1.807) is 18.5 Å². The van der Waals surface area contributed by atoms with Crippen LogP contribution in [0.15, 0.2) is 53.6 Å². The summed E-state index contributed by atoms with van der Waals surface area (Å²) in [5.74, 6) is 0.449. The monoisotopic (exact) mass is 389 g/mol. The number of fused-ring (bicyclic) bond motifs is 1. The number of nitrogens with one attached hydrogen (secondary N) is 1. The Balaban J connectivity index is 1.28. The van der Waals surface area contributed by atoms with Crippen LogP contribution in [0.2, 0.25) is 0 Å². The lowest BCUT2D eigenvalue weighted by molar-refractivity contribution is -0.117. The Labute approximate surface area is 168 Å². The first kappa shape index (κ1) is 17.8. The van der Waals surface area contributed by atoms with E-state index < -0.39 is 0 Å². The molecule has 0 unspecified atom stereocenters. The van der Waals surface area contributed by atoms with Gasteiger partial charge < -0.3 is 10.2 Å². The van der Waals surface area contributed by atoms with E-state index in [1.807, 2.05) is 31.3 Å². The number of hydrogen-bond donors (Lipinski definition) is 1. The van der Waals surface area contributed by atoms with E-state index in [4.69, 9.17) is 0 Å². The van der Waals surface area contributed by atoms with E-state index in [2.05, 4.69) is 20.3 Å². The topological polar surface area (TPSA) is 80.1 Å². The molecule has 0 bridgehead atoms. The largest absolute Gasteiger partial charge is 0.355 e. The van der Waals surface area contributed by atoms with Gasteiger partial charge in [0.1, 0.15) is 12.4 Å². The number of hydrogen-bond acceptors (Lipinski definition) is 5. The van der Waals surface area contributed by atoms with Gasteiger partial charge in [0.2, 0.25) is 5.91 Å². The maximum absolute atomic E-state index is 12.5. The minimum atomic E-state index is -0.284. The number of nitrogens with zero attached hydrogens (tertiary/aromatic N) is 4. The fraction of sp³-hybridized carbons (Fsp3) is 0.364. The standard InChI is InChI=1S/C22H23N5O2/c1-26(18-11-22(12-18)7-8-22)19-4-5-21(29)27(25-19)14-20(28)24-17-3-2-16-13-23-9-6-15(16)10-17/h2-6,9-10,13,18H,7-8,11-12,14H2,1H3,(H,24,28). The normalized spacial score (nSPS) is 17.1. The summed E-state index contributed by atoms with van der Waals surface area (Å²) in [5, 5.41) is 9.28. The molecule has 2 saturated carbocycles. The molecule has 7 heteroatoms. The van der Waals surface area contributed by atoms with E-state index in [0.717, 1.165) is 16.6 Å². The number of aromatic nitrogens is 3. The number of amides is 1. The van der Waals surface area contributed by atoms with Gasteiger partial charge in [-0.15, -0.1) is 0 Å². The van der Waals surface area contributed by atoms with E-state index in [9.17, 15) is 9.59 Å². The summed E-state index contributed by atoms with van der Waals surface area (Å²) in [5.41, 5.74) is 0.997. The molecule has 2 aromatic heterocycles. The zero-order valence-corrected chi connectivity index (χ0v) is 16.3. The summed E-state index contributed by atoms with van der Waals surface area (Å²) in [6, 6.07) is 11.2. The third kappa shape index (κ3) is 3.48. The molecule has 7 nitrogen and oxygen atoms in total. The van der Waals surface area contributed by atoms with Crippen LogP contribution in [0.25, 0.3) is 10.8 Å². The third-order valence-electron chi connectivity index (χ3n) is 6.27. The Bertz CT molecular complexity index is 1140. The van der Waals surface area contributed by atoms with Crippen molar-refractivity contribution >= 4 is 28.2 Å². The zero-order valence-electron chi connectivity index (χ0n) is 16.3. The number of anilines is 2. The van der Waals surface area contributed by atoms with Crippen molar-refractivity contribution in [3.63, 3.8) is 0 Å². The molecule has 2 fully saturated rings. The Morgan fingerprint density at radius 3 is 2.83 bits per heavy atom. The van der Waals surface area contributed by atoms with Crippen molar-refractivity contribution in [2.24, 2.45) is 5.41 Å². The first-order valence-corrected chi connectivity index (χ1v) is 9.96. The maximum atomic E-state index is 12.5. The molecule has 0 aliphatic heterocycles. The smallest absolute Gasteiger partial charge is 0.267 e. The molecule has 5 rings (SSSR count). The van der Waals surface area contributed by atoms with Crippen molar-refractivity contribution < 1.29 is 4.79 Å². The first-order valence-electron chi connectivity index (χ1n) is 9.96. The summed E-state index contributed by atoms with van der Waals surface area (Å²) < 4.78 is 1.23. The van der Waals surface area contributed by atoms with Crippen molar-refractivity contribution in [2.45, 2.75) is 38.3 Å². The molecular formula is C22H23N5O2. The molecule has 1 amide bonds. The predicted molar refractivity (Wildman–Crippen MR) is 112 cm³/mol. The van der Waals surface area contributed by atoms with Gasteiger partial charge in [-0.1, -0.05) is 6.07 Å². The quantitative estimate of drug-likeness (QED) is 0.726. The van der Waals surface area contributed by atoms with Crippen LogP contribution in [0, 0.1) is 5.41 Å². The lowest BCUT2D eigenvalue weighted by Crippen LogP contribution is -2.44. The van der Waals surface area contributed by atoms with Crippen LogP contribution in [0.5, 0.6) is 0 Å². The molecule has 0 atom stereocenters. The summed E-state index contributed by atoms with van der Waals surface area (Å²) in [7, 11) is 2.01. The van der Waals surface area contributed by atoms with E-state index in [1.165, 1.54) is 36.4 Å². The van der Waals surface area contributed by atoms with Crippen LogP contribution in [0.4, 0.5) is 11.5 Å². The molecule has 0 radical (unpaired) electrons. The van der Waals surface area contributed by atoms with Crippen LogP contribution >= 0.6 is 0 Å². The molecule has 2 aliphatic rings. The summed E-state index contributed by atoms with van der Waals surface area (Å²) in [4.78, 5) is 30.9. The van der Waals surface area contributed by atoms with E-state index >= 15 is 0 Å². The molecule has 148 valence electrons. The van der Waals surface area contributed by atoms with E-state index in [0.29, 0.717) is 17.1 Å². The van der Waals surface area contributed by atoms with Gasteiger partial charge in [0.05, 0.1) is 0 Å². The van der Waals surface area contributed by atoms with Gasteiger partial charge in [0.15, 0.2) is 0 Å². The number of benzene rings is 1. The van der Waals surface area contributed by atoms with Crippen LogP contribution in [-0.4, -0.2) is 33.8 Å². The second-order valence-corrected chi connectivity index (χ2v) is 8.35. The van der Waals surface area contributed by atoms with Crippen molar-refractivity contribution in [1.82, 2.24) is 14.8 Å². The van der Waals surface area contributed by atoms with Gasteiger partial charge in [-0.2, -0.15) is 5.10 Å². The molecule has 3 aromatic rings. The van der Waals surface area contributed by atoms with Gasteiger partial charge in [-0.3, -0.25) is 14.6 Å². The molecule has 29 heavy (non-hydrogen) atoms. The lowest BCUT2D eigenvalue weighted by Gasteiger charge is -2.42. The Kier molecular flexibility index (Phi) is 4.12. The van der Waals surface area contributed by atoms with Crippen LogP contribution in [0.1, 0.15) is 25.7 Å². The summed E-state index contributed by atoms with van der Waals surface area (Å²) in [6.07, 6.45) is 8.57. The Morgan fingerprint density at radius 1 is 1.21 bits per heavy atom. The highest BCUT2D eigenvalue weighted by atomic mass is 16.2. The van der Waals surface area contributed by atoms with Crippen molar-refractivity contribution in [3.05, 3.63) is 59.1 Å². The van der Waals surface area contributed by atoms with E-state index in [-0.39, 0.29) is 18.0 Å². The number of rotatable bonds is 5. The minimum Gasteiger partial charge on any atom is -0.355 e. The van der Waals surface area contributed by atoms with Crippen molar-refractivity contribution in [3.8, 4) is 0 Å². The fourth-order valence-corrected chi connectivity index (χ4v) is 4.22. The second kappa shape index (κ2) is 6.69. The number of carbonyl (C=O) groups is 1. The maximum Gasteiger partial charge on any atom is 0.267 e. The average molecular weight is 389 g/mol. The third-order valence-corrected chi connectivity index (χ3v) is 6.27. The highest BCUT2D eigenvalue weighted by molar-refractivity contribution is 5.94. The van der Waals surface area contributed by atoms with Gasteiger partial charge in [-0.05, 0) is 60.7 Å². The summed E-state index contributed by atoms with van der Waals surface area (Å²) >= 11 is 0. The molecule has 1 N–H and O–H groups in total. The van der Waals surface area contributed by atoms with Crippen molar-refractivity contribution in [2.75, 3.05) is 17.3 Å². The zero-order chi connectivity index (χ0) is 20.0. The fourth-order valence-electron chi connectivity index (χ4n) is 4.22. The lowest BCUT2D eigenvalue weighted by atomic mass is 9.76. The second-order valence-electron chi connectivity index (χ2n) is 8.35. The van der Waals surface area contributed by atoms with Crippen molar-refractivity contribution in [1.29, 1.82) is 0 Å². The molecule has 2 aliphatic carbocycles. The molecule has 1 spiro atoms. The van der Waals surface area contributed by atoms with Crippen LogP contribution in [0.3, 0.4) is 0 Å². The number of carbonyl (C=O) groups excluding carboxylic acids is 1.